The molecule has 0 amide bonds. The zero-order valence-electron chi connectivity index (χ0n) is 29.9. The Morgan fingerprint density at radius 3 is 2.17 bits per heavy atom. The summed E-state index contributed by atoms with van der Waals surface area (Å²) in [6, 6.07) is 9.19. The number of allylic oxidation sites excluding steroid dienone is 3. The van der Waals surface area contributed by atoms with Crippen molar-refractivity contribution in [2.24, 2.45) is 28.1 Å². The Kier molecular flexibility index (Phi) is 7.72. The molecule has 2 saturated heterocycles. The van der Waals surface area contributed by atoms with Crippen LogP contribution in [0.1, 0.15) is 116 Å². The van der Waals surface area contributed by atoms with Crippen LogP contribution in [0, 0.1) is 28.1 Å². The monoisotopic (exact) mass is 650 g/mol. The molecule has 1 aromatic carbocycles. The van der Waals surface area contributed by atoms with E-state index in [2.05, 4.69) is 91.5 Å². The lowest BCUT2D eigenvalue weighted by molar-refractivity contribution is -0.414. The molecule has 2 saturated carbocycles. The number of fused-ring (bicyclic) bond motifs is 4. The van der Waals surface area contributed by atoms with Gasteiger partial charge in [0.05, 0.1) is 24.6 Å². The Morgan fingerprint density at radius 1 is 0.848 bits per heavy atom. The van der Waals surface area contributed by atoms with E-state index in [1.807, 2.05) is 0 Å². The van der Waals surface area contributed by atoms with Crippen LogP contribution >= 0.6 is 0 Å². The number of rotatable bonds is 4. The summed E-state index contributed by atoms with van der Waals surface area (Å²) >= 11 is 0. The Labute approximate surface area is 278 Å². The SMILES string of the molecule is CC1(C)COOC2(CCC3=C4[C@@H](CC[C@@]3(O)C2)[C@@H]2CC=C(O[Si](C)(C)C)[C@@]2(C)C[C@@H]4c2ccc(C3(C)CC(C)(C)COO3)cc2)C1. The zero-order chi connectivity index (χ0) is 33.0. The summed E-state index contributed by atoms with van der Waals surface area (Å²) in [5.41, 5.74) is 3.59. The lowest BCUT2D eigenvalue weighted by Crippen LogP contribution is -2.56. The minimum Gasteiger partial charge on any atom is -0.547 e. The number of aliphatic hydroxyl groups is 1. The molecule has 0 radical (unpaired) electrons. The van der Waals surface area contributed by atoms with Crippen molar-refractivity contribution in [2.75, 3.05) is 13.2 Å². The first-order chi connectivity index (χ1) is 21.4. The van der Waals surface area contributed by atoms with E-state index in [1.54, 1.807) is 0 Å². The van der Waals surface area contributed by atoms with Crippen molar-refractivity contribution < 1.29 is 29.1 Å². The second kappa shape index (κ2) is 10.8. The van der Waals surface area contributed by atoms with Crippen molar-refractivity contribution in [2.45, 2.75) is 142 Å². The predicted molar refractivity (Wildman–Crippen MR) is 182 cm³/mol. The van der Waals surface area contributed by atoms with Crippen LogP contribution in [0.15, 0.2) is 47.2 Å². The third-order valence-electron chi connectivity index (χ3n) is 12.4. The number of hydrogen-bond acceptors (Lipinski definition) is 6. The highest BCUT2D eigenvalue weighted by atomic mass is 28.4. The third-order valence-corrected chi connectivity index (χ3v) is 13.2. The van der Waals surface area contributed by atoms with Crippen LogP contribution in [0.4, 0.5) is 0 Å². The van der Waals surface area contributed by atoms with E-state index in [4.69, 9.17) is 24.0 Å². The molecule has 2 aliphatic heterocycles. The zero-order valence-corrected chi connectivity index (χ0v) is 30.9. The van der Waals surface area contributed by atoms with Crippen LogP contribution in [0.3, 0.4) is 0 Å². The number of hydrogen-bond donors (Lipinski definition) is 1. The highest BCUT2D eigenvalue weighted by Crippen LogP contribution is 2.66. The van der Waals surface area contributed by atoms with Gasteiger partial charge in [0.15, 0.2) is 0 Å². The van der Waals surface area contributed by atoms with Crippen LogP contribution in [-0.2, 0) is 29.6 Å². The van der Waals surface area contributed by atoms with Gasteiger partial charge in [-0.3, -0.25) is 0 Å². The summed E-state index contributed by atoms with van der Waals surface area (Å²) in [6.45, 7) is 21.7. The van der Waals surface area contributed by atoms with Gasteiger partial charge < -0.3 is 9.53 Å². The van der Waals surface area contributed by atoms with Gasteiger partial charge in [0.2, 0.25) is 8.32 Å². The first kappa shape index (κ1) is 33.0. The summed E-state index contributed by atoms with van der Waals surface area (Å²) in [5, 5.41) is 12.6. The first-order valence-corrected chi connectivity index (χ1v) is 21.3. The van der Waals surface area contributed by atoms with Gasteiger partial charge in [-0.25, -0.2) is 19.6 Å². The van der Waals surface area contributed by atoms with Crippen LogP contribution < -0.4 is 0 Å². The molecule has 0 aromatic heterocycles. The summed E-state index contributed by atoms with van der Waals surface area (Å²) < 4.78 is 6.86. The van der Waals surface area contributed by atoms with Gasteiger partial charge in [-0.2, -0.15) is 0 Å². The molecule has 2 heterocycles. The van der Waals surface area contributed by atoms with Crippen molar-refractivity contribution in [1.29, 1.82) is 0 Å². The van der Waals surface area contributed by atoms with Gasteiger partial charge in [-0.15, -0.1) is 0 Å². The quantitative estimate of drug-likeness (QED) is 0.199. The Hall–Kier alpha value is -1.48. The fourth-order valence-electron chi connectivity index (χ4n) is 10.7. The maximum absolute atomic E-state index is 12.6. The van der Waals surface area contributed by atoms with E-state index in [-0.39, 0.29) is 22.2 Å². The molecule has 254 valence electrons. The van der Waals surface area contributed by atoms with Gasteiger partial charge in [-0.05, 0) is 123 Å². The van der Waals surface area contributed by atoms with Gasteiger partial charge in [0.1, 0.15) is 11.2 Å². The fraction of sp³-hybridized carbons (Fsp3) is 0.744. The molecule has 4 aliphatic carbocycles. The second-order valence-corrected chi connectivity index (χ2v) is 23.4. The normalized spacial score (nSPS) is 41.8. The van der Waals surface area contributed by atoms with Crippen LogP contribution in [0.2, 0.25) is 19.6 Å². The molecule has 7 heteroatoms. The summed E-state index contributed by atoms with van der Waals surface area (Å²) in [7, 11) is -1.78. The highest BCUT2D eigenvalue weighted by Gasteiger charge is 2.60. The van der Waals surface area contributed by atoms with Crippen molar-refractivity contribution >= 4 is 8.32 Å². The molecule has 7 rings (SSSR count). The largest absolute Gasteiger partial charge is 0.547 e. The maximum Gasteiger partial charge on any atom is 0.241 e. The second-order valence-electron chi connectivity index (χ2n) is 19.0. The summed E-state index contributed by atoms with van der Waals surface area (Å²) in [6.07, 6.45) is 10.5. The Balaban J connectivity index is 1.28. The van der Waals surface area contributed by atoms with Crippen LogP contribution in [-0.4, -0.2) is 37.8 Å². The van der Waals surface area contributed by atoms with E-state index in [1.165, 1.54) is 22.5 Å². The lowest BCUT2D eigenvalue weighted by Gasteiger charge is -2.57. The van der Waals surface area contributed by atoms with Gasteiger partial charge in [0.25, 0.3) is 0 Å². The standard InChI is InChI=1S/C39H58O6Si/c1-34(2)21-37(6,44-41-24-34)27-12-10-26(11-13-27)29-20-36(5)30(14-15-32(36)43-46(7,8)9)28-16-19-39(40)23-38(18-17-31(39)33(28)29)22-35(3,4)25-42-45-38/h10-13,15,28-30,40H,14,16-25H2,1-9H3/t28-,29+,30-,36-,37?,38?,39+/m0/s1. The molecular weight excluding hydrogens is 593 g/mol. The van der Waals surface area contributed by atoms with Crippen LogP contribution in [0.25, 0.3) is 0 Å². The van der Waals surface area contributed by atoms with Gasteiger partial charge >= 0.3 is 0 Å². The molecule has 6 nitrogen and oxygen atoms in total. The molecule has 1 aromatic rings. The molecule has 1 N–H and O–H groups in total. The molecule has 46 heavy (non-hydrogen) atoms. The smallest absolute Gasteiger partial charge is 0.241 e. The van der Waals surface area contributed by atoms with E-state index in [9.17, 15) is 5.11 Å². The molecule has 6 aliphatic rings. The molecule has 0 bridgehead atoms. The average Bonchev–Trinajstić information content (AvgIpc) is 3.25. The summed E-state index contributed by atoms with van der Waals surface area (Å²) in [4.78, 5) is 23.5. The highest BCUT2D eigenvalue weighted by molar-refractivity contribution is 6.70. The lowest BCUT2D eigenvalue weighted by atomic mass is 9.50. The molecule has 4 fully saturated rings. The van der Waals surface area contributed by atoms with Crippen molar-refractivity contribution in [3.05, 3.63) is 58.4 Å². The van der Waals surface area contributed by atoms with Crippen molar-refractivity contribution in [1.82, 2.24) is 0 Å². The van der Waals surface area contributed by atoms with E-state index >= 15 is 0 Å². The predicted octanol–water partition coefficient (Wildman–Crippen LogP) is 9.27. The summed E-state index contributed by atoms with van der Waals surface area (Å²) in [5.74, 6) is 2.37. The Bertz CT molecular complexity index is 1420. The maximum atomic E-state index is 12.6. The molecule has 2 unspecified atom stereocenters. The van der Waals surface area contributed by atoms with E-state index < -0.39 is 25.1 Å². The molecule has 7 atom stereocenters. The fourth-order valence-corrected chi connectivity index (χ4v) is 11.7. The van der Waals surface area contributed by atoms with E-state index in [0.29, 0.717) is 31.5 Å². The van der Waals surface area contributed by atoms with Crippen molar-refractivity contribution in [3.63, 3.8) is 0 Å². The minimum atomic E-state index is -1.78. The third kappa shape index (κ3) is 5.69. The molecule has 1 spiro atoms. The van der Waals surface area contributed by atoms with Gasteiger partial charge in [-0.1, -0.05) is 64.5 Å². The van der Waals surface area contributed by atoms with Crippen molar-refractivity contribution in [3.8, 4) is 0 Å². The number of benzene rings is 1. The molecular formula is C39H58O6Si. The minimum absolute atomic E-state index is 0.0235. The Morgan fingerprint density at radius 2 is 1.52 bits per heavy atom. The average molecular weight is 651 g/mol. The first-order valence-electron chi connectivity index (χ1n) is 17.9. The van der Waals surface area contributed by atoms with Crippen LogP contribution in [0.5, 0.6) is 0 Å². The van der Waals surface area contributed by atoms with E-state index in [0.717, 1.165) is 56.9 Å². The topological polar surface area (TPSA) is 66.4 Å². The van der Waals surface area contributed by atoms with Gasteiger partial charge in [0, 0.05) is 17.8 Å².